The van der Waals surface area contributed by atoms with Crippen molar-refractivity contribution in [3.8, 4) is 28.7 Å². The number of rotatable bonds is 5. The molecular formula is C15H16FN5O2. The van der Waals surface area contributed by atoms with Gasteiger partial charge in [0.25, 0.3) is 5.89 Å². The van der Waals surface area contributed by atoms with E-state index in [1.807, 2.05) is 13.0 Å². The molecule has 3 aromatic rings. The van der Waals surface area contributed by atoms with Gasteiger partial charge in [0, 0.05) is 17.8 Å². The van der Waals surface area contributed by atoms with Crippen LogP contribution in [-0.2, 0) is 6.54 Å². The van der Waals surface area contributed by atoms with Gasteiger partial charge in [-0.05, 0) is 31.2 Å². The molecule has 0 fully saturated rings. The summed E-state index contributed by atoms with van der Waals surface area (Å²) in [5, 5.41) is 8.30. The van der Waals surface area contributed by atoms with Crippen molar-refractivity contribution in [2.45, 2.75) is 13.5 Å². The summed E-state index contributed by atoms with van der Waals surface area (Å²) < 4.78 is 25.4. The lowest BCUT2D eigenvalue weighted by Gasteiger charge is -2.02. The average Bonchev–Trinajstić information content (AvgIpc) is 3.16. The van der Waals surface area contributed by atoms with Gasteiger partial charge in [-0.1, -0.05) is 5.16 Å². The summed E-state index contributed by atoms with van der Waals surface area (Å²) >= 11 is 0. The van der Waals surface area contributed by atoms with Gasteiger partial charge in [-0.15, -0.1) is 0 Å². The Balaban J connectivity index is 1.93. The number of nitrogens with two attached hydrogens (primary N) is 1. The average molecular weight is 317 g/mol. The van der Waals surface area contributed by atoms with E-state index < -0.39 is 5.82 Å². The van der Waals surface area contributed by atoms with Crippen LogP contribution in [-0.4, -0.2) is 33.6 Å². The summed E-state index contributed by atoms with van der Waals surface area (Å²) in [6.45, 7) is 3.03. The summed E-state index contributed by atoms with van der Waals surface area (Å²) in [6, 6.07) is 6.22. The molecule has 0 bridgehead atoms. The van der Waals surface area contributed by atoms with Crippen LogP contribution in [0.1, 0.15) is 5.69 Å². The molecule has 0 aliphatic carbocycles. The Bertz CT molecular complexity index is 827. The molecular weight excluding hydrogens is 301 g/mol. The molecule has 0 saturated heterocycles. The Morgan fingerprint density at radius 2 is 2.17 bits per heavy atom. The normalized spacial score (nSPS) is 11.0. The van der Waals surface area contributed by atoms with Crippen LogP contribution in [0.2, 0.25) is 0 Å². The minimum atomic E-state index is -0.448. The first-order chi connectivity index (χ1) is 11.1. The summed E-state index contributed by atoms with van der Waals surface area (Å²) in [4.78, 5) is 4.31. The number of nitrogens with zero attached hydrogens (tertiary/aromatic N) is 4. The number of hydrogen-bond donors (Lipinski definition) is 1. The summed E-state index contributed by atoms with van der Waals surface area (Å²) in [5.41, 5.74) is 7.66. The standard InChI is InChI=1S/C15H16FN5O2/c1-9-7-12(19-21(9)6-5-17)15-18-14(20-23-15)10-3-4-11(16)13(8-10)22-2/h3-4,7-8H,5-6,17H2,1-2H3. The highest BCUT2D eigenvalue weighted by atomic mass is 19.1. The Hall–Kier alpha value is -2.74. The second-order valence-corrected chi connectivity index (χ2v) is 4.96. The number of hydrogen-bond acceptors (Lipinski definition) is 6. The summed E-state index contributed by atoms with van der Waals surface area (Å²) in [7, 11) is 1.40. The number of benzene rings is 1. The molecule has 2 heterocycles. The molecule has 2 N–H and O–H groups in total. The summed E-state index contributed by atoms with van der Waals surface area (Å²) in [5.74, 6) is 0.305. The van der Waals surface area contributed by atoms with E-state index in [1.165, 1.54) is 19.2 Å². The third-order valence-corrected chi connectivity index (χ3v) is 3.38. The van der Waals surface area contributed by atoms with Crippen LogP contribution >= 0.6 is 0 Å². The van der Waals surface area contributed by atoms with E-state index in [-0.39, 0.29) is 5.75 Å². The van der Waals surface area contributed by atoms with Crippen molar-refractivity contribution >= 4 is 0 Å². The molecule has 8 heteroatoms. The van der Waals surface area contributed by atoms with E-state index in [1.54, 1.807) is 10.7 Å². The van der Waals surface area contributed by atoms with Gasteiger partial charge < -0.3 is 15.0 Å². The van der Waals surface area contributed by atoms with Gasteiger partial charge >= 0.3 is 0 Å². The molecule has 7 nitrogen and oxygen atoms in total. The molecule has 0 radical (unpaired) electrons. The van der Waals surface area contributed by atoms with E-state index in [4.69, 9.17) is 15.0 Å². The van der Waals surface area contributed by atoms with Crippen molar-refractivity contribution in [1.29, 1.82) is 0 Å². The number of methoxy groups -OCH3 is 1. The third-order valence-electron chi connectivity index (χ3n) is 3.38. The topological polar surface area (TPSA) is 92.0 Å². The van der Waals surface area contributed by atoms with Crippen LogP contribution in [0.15, 0.2) is 28.8 Å². The van der Waals surface area contributed by atoms with E-state index in [9.17, 15) is 4.39 Å². The number of aryl methyl sites for hydroxylation is 1. The van der Waals surface area contributed by atoms with E-state index >= 15 is 0 Å². The molecule has 0 aliphatic rings. The molecule has 0 aliphatic heterocycles. The Morgan fingerprint density at radius 3 is 2.91 bits per heavy atom. The second kappa shape index (κ2) is 6.17. The number of ether oxygens (including phenoxy) is 1. The van der Waals surface area contributed by atoms with E-state index in [0.717, 1.165) is 5.69 Å². The lowest BCUT2D eigenvalue weighted by Crippen LogP contribution is -2.12. The highest BCUT2D eigenvalue weighted by Crippen LogP contribution is 2.26. The zero-order valence-electron chi connectivity index (χ0n) is 12.8. The molecule has 0 unspecified atom stereocenters. The highest BCUT2D eigenvalue weighted by Gasteiger charge is 2.16. The van der Waals surface area contributed by atoms with Gasteiger partial charge in [0.15, 0.2) is 17.3 Å². The fraction of sp³-hybridized carbons (Fsp3) is 0.267. The smallest absolute Gasteiger partial charge is 0.278 e. The van der Waals surface area contributed by atoms with Gasteiger partial charge in [-0.25, -0.2) is 4.39 Å². The minimum absolute atomic E-state index is 0.122. The maximum absolute atomic E-state index is 13.5. The SMILES string of the molecule is COc1cc(-c2noc(-c3cc(C)n(CCN)n3)n2)ccc1F. The van der Waals surface area contributed by atoms with Gasteiger partial charge in [0.1, 0.15) is 0 Å². The van der Waals surface area contributed by atoms with Crippen LogP contribution in [0, 0.1) is 12.7 Å². The lowest BCUT2D eigenvalue weighted by atomic mass is 10.2. The molecule has 0 spiro atoms. The van der Waals surface area contributed by atoms with E-state index in [0.29, 0.717) is 36.1 Å². The van der Waals surface area contributed by atoms with Crippen LogP contribution in [0.4, 0.5) is 4.39 Å². The molecule has 0 saturated carbocycles. The van der Waals surface area contributed by atoms with Crippen LogP contribution < -0.4 is 10.5 Å². The van der Waals surface area contributed by atoms with Gasteiger partial charge in [0.05, 0.1) is 13.7 Å². The molecule has 0 atom stereocenters. The zero-order valence-corrected chi connectivity index (χ0v) is 12.8. The number of aromatic nitrogens is 4. The van der Waals surface area contributed by atoms with Crippen molar-refractivity contribution in [3.05, 3.63) is 35.8 Å². The summed E-state index contributed by atoms with van der Waals surface area (Å²) in [6.07, 6.45) is 0. The fourth-order valence-corrected chi connectivity index (χ4v) is 2.21. The van der Waals surface area contributed by atoms with Crippen molar-refractivity contribution < 1.29 is 13.7 Å². The van der Waals surface area contributed by atoms with Crippen LogP contribution in [0.3, 0.4) is 0 Å². The van der Waals surface area contributed by atoms with Crippen molar-refractivity contribution in [1.82, 2.24) is 19.9 Å². The van der Waals surface area contributed by atoms with Crippen molar-refractivity contribution in [2.24, 2.45) is 5.73 Å². The maximum Gasteiger partial charge on any atom is 0.278 e. The van der Waals surface area contributed by atoms with E-state index in [2.05, 4.69) is 15.2 Å². The van der Waals surface area contributed by atoms with Gasteiger partial charge in [-0.2, -0.15) is 10.1 Å². The Kier molecular flexibility index (Phi) is 4.07. The van der Waals surface area contributed by atoms with Crippen molar-refractivity contribution in [2.75, 3.05) is 13.7 Å². The fourth-order valence-electron chi connectivity index (χ4n) is 2.21. The quantitative estimate of drug-likeness (QED) is 0.774. The van der Waals surface area contributed by atoms with Gasteiger partial charge in [0.2, 0.25) is 5.82 Å². The predicted molar refractivity (Wildman–Crippen MR) is 81.3 cm³/mol. The third kappa shape index (κ3) is 2.93. The zero-order chi connectivity index (χ0) is 16.4. The van der Waals surface area contributed by atoms with Crippen LogP contribution in [0.5, 0.6) is 5.75 Å². The monoisotopic (exact) mass is 317 g/mol. The predicted octanol–water partition coefficient (Wildman–Crippen LogP) is 2.01. The Labute approximate surface area is 131 Å². The maximum atomic E-state index is 13.5. The molecule has 1 aromatic carbocycles. The largest absolute Gasteiger partial charge is 0.494 e. The second-order valence-electron chi connectivity index (χ2n) is 4.96. The molecule has 120 valence electrons. The van der Waals surface area contributed by atoms with Crippen molar-refractivity contribution in [3.63, 3.8) is 0 Å². The number of halogens is 1. The highest BCUT2D eigenvalue weighted by molar-refractivity contribution is 5.60. The lowest BCUT2D eigenvalue weighted by molar-refractivity contribution is 0.386. The van der Waals surface area contributed by atoms with Gasteiger partial charge in [-0.3, -0.25) is 4.68 Å². The first-order valence-corrected chi connectivity index (χ1v) is 7.05. The molecule has 23 heavy (non-hydrogen) atoms. The molecule has 3 rings (SSSR count). The Morgan fingerprint density at radius 1 is 1.35 bits per heavy atom. The molecule has 2 aromatic heterocycles. The first kappa shape index (κ1) is 15.2. The minimum Gasteiger partial charge on any atom is -0.494 e. The first-order valence-electron chi connectivity index (χ1n) is 7.05. The molecule has 0 amide bonds. The van der Waals surface area contributed by atoms with Crippen LogP contribution in [0.25, 0.3) is 23.0 Å².